The lowest BCUT2D eigenvalue weighted by Gasteiger charge is -2.50. The van der Waals surface area contributed by atoms with Crippen molar-refractivity contribution >= 4 is 11.8 Å². The van der Waals surface area contributed by atoms with Crippen LogP contribution in [0.4, 0.5) is 13.2 Å². The molecule has 0 amide bonds. The minimum atomic E-state index is -4.37. The van der Waals surface area contributed by atoms with E-state index in [0.29, 0.717) is 11.5 Å². The molecule has 1 aromatic heterocycles. The van der Waals surface area contributed by atoms with Crippen molar-refractivity contribution in [1.29, 1.82) is 0 Å². The molecule has 152 valence electrons. The predicted octanol–water partition coefficient (Wildman–Crippen LogP) is 5.34. The average molecular weight is 402 g/mol. The first kappa shape index (κ1) is 19.6. The van der Waals surface area contributed by atoms with Gasteiger partial charge < -0.3 is 4.90 Å². The maximum Gasteiger partial charge on any atom is 0.435 e. The first-order valence-corrected chi connectivity index (χ1v) is 11.4. The fourth-order valence-electron chi connectivity index (χ4n) is 5.07. The average Bonchev–Trinajstić information content (AvgIpc) is 3.07. The lowest BCUT2D eigenvalue weighted by molar-refractivity contribution is -0.141. The third kappa shape index (κ3) is 3.91. The lowest BCUT2D eigenvalue weighted by atomic mass is 9.78. The smallest absolute Gasteiger partial charge is 0.300 e. The molecule has 2 aliphatic heterocycles. The van der Waals surface area contributed by atoms with Crippen LogP contribution in [0.3, 0.4) is 0 Å². The number of thioether (sulfide) groups is 1. The fourth-order valence-corrected chi connectivity index (χ4v) is 6.43. The van der Waals surface area contributed by atoms with E-state index in [1.54, 1.807) is 4.68 Å². The summed E-state index contributed by atoms with van der Waals surface area (Å²) in [6.07, 6.45) is 2.44. The van der Waals surface area contributed by atoms with Crippen molar-refractivity contribution in [3.05, 3.63) is 17.5 Å². The monoisotopic (exact) mass is 401 g/mol. The van der Waals surface area contributed by atoms with Gasteiger partial charge in [-0.1, -0.05) is 6.42 Å². The molecule has 0 aromatic carbocycles. The molecule has 4 rings (SSSR count). The van der Waals surface area contributed by atoms with Gasteiger partial charge in [-0.2, -0.15) is 30.0 Å². The van der Waals surface area contributed by atoms with Crippen LogP contribution >= 0.6 is 11.8 Å². The highest BCUT2D eigenvalue weighted by atomic mass is 32.2. The van der Waals surface area contributed by atoms with Gasteiger partial charge in [-0.05, 0) is 82.0 Å². The van der Waals surface area contributed by atoms with E-state index in [9.17, 15) is 13.2 Å². The van der Waals surface area contributed by atoms with E-state index in [1.165, 1.54) is 36.8 Å². The molecule has 1 saturated carbocycles. The first-order chi connectivity index (χ1) is 12.8. The molecule has 3 aliphatic rings. The van der Waals surface area contributed by atoms with E-state index in [4.69, 9.17) is 0 Å². The molecule has 2 atom stereocenters. The molecule has 27 heavy (non-hydrogen) atoms. The quantitative estimate of drug-likeness (QED) is 0.682. The van der Waals surface area contributed by atoms with Crippen LogP contribution in [0.5, 0.6) is 0 Å². The summed E-state index contributed by atoms with van der Waals surface area (Å²) < 4.78 is 41.2. The van der Waals surface area contributed by atoms with Gasteiger partial charge in [-0.25, -0.2) is 0 Å². The van der Waals surface area contributed by atoms with E-state index >= 15 is 0 Å². The van der Waals surface area contributed by atoms with Crippen molar-refractivity contribution in [1.82, 2.24) is 14.7 Å². The summed E-state index contributed by atoms with van der Waals surface area (Å²) >= 11 is 2.07. The second-order valence-electron chi connectivity index (χ2n) is 9.04. The number of piperidine rings is 1. The highest BCUT2D eigenvalue weighted by molar-refractivity contribution is 8.00. The minimum absolute atomic E-state index is 0.0533. The SMILES string of the molecule is CC(C)n1nc(C(F)(F)F)cc1C1CCCC(N2CCC3(CC2)CSC3)C1. The van der Waals surface area contributed by atoms with E-state index in [-0.39, 0.29) is 12.0 Å². The molecule has 1 aliphatic carbocycles. The maximum atomic E-state index is 13.2. The van der Waals surface area contributed by atoms with Crippen molar-refractivity contribution in [2.24, 2.45) is 5.41 Å². The Morgan fingerprint density at radius 1 is 1.19 bits per heavy atom. The van der Waals surface area contributed by atoms with Crippen molar-refractivity contribution in [3.63, 3.8) is 0 Å². The van der Waals surface area contributed by atoms with Crippen LogP contribution in [0.1, 0.15) is 75.7 Å². The Labute approximate surface area is 164 Å². The number of likely N-dealkylation sites (tertiary alicyclic amines) is 1. The lowest BCUT2D eigenvalue weighted by Crippen LogP contribution is -2.50. The van der Waals surface area contributed by atoms with Crippen molar-refractivity contribution in [2.75, 3.05) is 24.6 Å². The van der Waals surface area contributed by atoms with Crippen molar-refractivity contribution < 1.29 is 13.2 Å². The van der Waals surface area contributed by atoms with Crippen molar-refractivity contribution in [3.8, 4) is 0 Å². The van der Waals surface area contributed by atoms with Crippen LogP contribution in [-0.4, -0.2) is 45.3 Å². The standard InChI is InChI=1S/C20H30F3N3S/c1-14(2)26-17(11-18(24-26)20(21,22)23)15-4-3-5-16(10-15)25-8-6-19(7-9-25)12-27-13-19/h11,14-16H,3-10,12-13H2,1-2H3. The van der Waals surface area contributed by atoms with Gasteiger partial charge in [-0.3, -0.25) is 4.68 Å². The zero-order chi connectivity index (χ0) is 19.2. The second-order valence-corrected chi connectivity index (χ2v) is 10.0. The van der Waals surface area contributed by atoms with E-state index in [2.05, 4.69) is 21.8 Å². The zero-order valence-corrected chi connectivity index (χ0v) is 17.1. The van der Waals surface area contributed by atoms with Gasteiger partial charge in [0.15, 0.2) is 5.69 Å². The third-order valence-corrected chi connectivity index (χ3v) is 8.43. The summed E-state index contributed by atoms with van der Waals surface area (Å²) in [4.78, 5) is 2.63. The fraction of sp³-hybridized carbons (Fsp3) is 0.850. The van der Waals surface area contributed by atoms with Gasteiger partial charge in [0.25, 0.3) is 0 Å². The molecular formula is C20H30F3N3S. The largest absolute Gasteiger partial charge is 0.435 e. The number of nitrogens with zero attached hydrogens (tertiary/aromatic N) is 3. The number of alkyl halides is 3. The van der Waals surface area contributed by atoms with Gasteiger partial charge in [0, 0.05) is 23.7 Å². The molecule has 3 heterocycles. The van der Waals surface area contributed by atoms with Gasteiger partial charge in [0.05, 0.1) is 0 Å². The summed E-state index contributed by atoms with van der Waals surface area (Å²) in [5.41, 5.74) is 0.647. The van der Waals surface area contributed by atoms with E-state index in [0.717, 1.165) is 38.0 Å². The molecule has 0 N–H and O–H groups in total. The Balaban J connectivity index is 1.47. The third-order valence-electron chi connectivity index (χ3n) is 6.80. The molecule has 0 bridgehead atoms. The van der Waals surface area contributed by atoms with E-state index < -0.39 is 11.9 Å². The molecule has 7 heteroatoms. The van der Waals surface area contributed by atoms with Crippen LogP contribution in [0.25, 0.3) is 0 Å². The van der Waals surface area contributed by atoms with Crippen LogP contribution < -0.4 is 0 Å². The summed E-state index contributed by atoms with van der Waals surface area (Å²) in [7, 11) is 0. The molecule has 0 radical (unpaired) electrons. The normalized spacial score (nSPS) is 29.3. The maximum absolute atomic E-state index is 13.2. The highest BCUT2D eigenvalue weighted by Crippen LogP contribution is 2.47. The molecule has 1 aromatic rings. The van der Waals surface area contributed by atoms with Crippen LogP contribution in [-0.2, 0) is 6.18 Å². The predicted molar refractivity (Wildman–Crippen MR) is 103 cm³/mol. The molecule has 3 nitrogen and oxygen atoms in total. The molecule has 1 spiro atoms. The Kier molecular flexibility index (Phi) is 5.29. The summed E-state index contributed by atoms with van der Waals surface area (Å²) in [5.74, 6) is 2.83. The topological polar surface area (TPSA) is 21.1 Å². The minimum Gasteiger partial charge on any atom is -0.300 e. The number of halogens is 3. The van der Waals surface area contributed by atoms with Crippen LogP contribution in [0, 0.1) is 5.41 Å². The Bertz CT molecular complexity index is 656. The molecule has 2 saturated heterocycles. The number of hydrogen-bond acceptors (Lipinski definition) is 3. The number of aromatic nitrogens is 2. The summed E-state index contributed by atoms with van der Waals surface area (Å²) in [5, 5.41) is 3.91. The van der Waals surface area contributed by atoms with Gasteiger partial charge in [0.1, 0.15) is 0 Å². The Morgan fingerprint density at radius 3 is 2.44 bits per heavy atom. The van der Waals surface area contributed by atoms with Crippen molar-refractivity contribution in [2.45, 2.75) is 76.6 Å². The first-order valence-electron chi connectivity index (χ1n) is 10.3. The van der Waals surface area contributed by atoms with Crippen LogP contribution in [0.2, 0.25) is 0 Å². The van der Waals surface area contributed by atoms with E-state index in [1.807, 2.05) is 13.8 Å². The number of hydrogen-bond donors (Lipinski definition) is 0. The van der Waals surface area contributed by atoms with Crippen LogP contribution in [0.15, 0.2) is 6.07 Å². The van der Waals surface area contributed by atoms with Gasteiger partial charge in [-0.15, -0.1) is 0 Å². The molecule has 2 unspecified atom stereocenters. The Hall–Kier alpha value is -0.690. The zero-order valence-electron chi connectivity index (χ0n) is 16.3. The summed E-state index contributed by atoms with van der Waals surface area (Å²) in [6, 6.07) is 1.77. The summed E-state index contributed by atoms with van der Waals surface area (Å²) in [6.45, 7) is 6.15. The van der Waals surface area contributed by atoms with Gasteiger partial charge >= 0.3 is 6.18 Å². The Morgan fingerprint density at radius 2 is 1.89 bits per heavy atom. The second kappa shape index (κ2) is 7.29. The molecular weight excluding hydrogens is 371 g/mol. The highest BCUT2D eigenvalue weighted by Gasteiger charge is 2.42. The number of rotatable bonds is 3. The van der Waals surface area contributed by atoms with Gasteiger partial charge in [0.2, 0.25) is 0 Å². The molecule has 3 fully saturated rings.